The molecule has 0 rings (SSSR count). The van der Waals surface area contributed by atoms with E-state index in [1.807, 2.05) is 0 Å². The Hall–Kier alpha value is -0.550. The molecule has 10 heavy (non-hydrogen) atoms. The topological polar surface area (TPSA) is 71.4 Å². The molecule has 0 aliphatic heterocycles. The highest BCUT2D eigenvalue weighted by molar-refractivity contribution is 8.13. The van der Waals surface area contributed by atoms with Gasteiger partial charge in [0.2, 0.25) is 9.05 Å². The van der Waals surface area contributed by atoms with Crippen LogP contribution in [-0.2, 0) is 13.8 Å². The van der Waals surface area contributed by atoms with E-state index < -0.39 is 20.8 Å². The number of carboxylic acids is 1. The molecule has 0 bridgehead atoms. The van der Waals surface area contributed by atoms with Gasteiger partial charge >= 0.3 is 5.97 Å². The minimum Gasteiger partial charge on any atom is -0.478 e. The van der Waals surface area contributed by atoms with Gasteiger partial charge in [0.05, 0.1) is 5.75 Å². The Balaban J connectivity index is 3.88. The SMILES string of the molecule is O=C(O)C=CCS(=O)(=O)Cl. The van der Waals surface area contributed by atoms with Gasteiger partial charge in [-0.1, -0.05) is 6.08 Å². The number of rotatable bonds is 3. The van der Waals surface area contributed by atoms with Crippen molar-refractivity contribution in [1.29, 1.82) is 0 Å². The van der Waals surface area contributed by atoms with Crippen LogP contribution in [0.4, 0.5) is 0 Å². The summed E-state index contributed by atoms with van der Waals surface area (Å²) in [5.74, 6) is -1.65. The van der Waals surface area contributed by atoms with E-state index in [1.54, 1.807) is 0 Å². The summed E-state index contributed by atoms with van der Waals surface area (Å²) in [7, 11) is 1.15. The summed E-state index contributed by atoms with van der Waals surface area (Å²) in [5, 5.41) is 7.99. The van der Waals surface area contributed by atoms with Gasteiger partial charge in [0.1, 0.15) is 0 Å². The highest BCUT2D eigenvalue weighted by atomic mass is 35.7. The van der Waals surface area contributed by atoms with E-state index in [9.17, 15) is 13.2 Å². The van der Waals surface area contributed by atoms with Crippen LogP contribution in [0.1, 0.15) is 0 Å². The van der Waals surface area contributed by atoms with Gasteiger partial charge in [-0.05, 0) is 0 Å². The van der Waals surface area contributed by atoms with Crippen molar-refractivity contribution in [2.45, 2.75) is 0 Å². The van der Waals surface area contributed by atoms with Gasteiger partial charge in [-0.15, -0.1) is 0 Å². The quantitative estimate of drug-likeness (QED) is 0.502. The van der Waals surface area contributed by atoms with E-state index in [-0.39, 0.29) is 0 Å². The number of aliphatic carboxylic acids is 1. The first-order valence-electron chi connectivity index (χ1n) is 2.23. The predicted octanol–water partition coefficient (Wildman–Crippen LogP) is 0.196. The van der Waals surface area contributed by atoms with E-state index >= 15 is 0 Å². The van der Waals surface area contributed by atoms with Crippen molar-refractivity contribution < 1.29 is 18.3 Å². The zero-order valence-corrected chi connectivity index (χ0v) is 6.39. The molecule has 1 N–H and O–H groups in total. The largest absolute Gasteiger partial charge is 0.478 e. The average Bonchev–Trinajstić information content (AvgIpc) is 1.59. The molecule has 0 aliphatic carbocycles. The van der Waals surface area contributed by atoms with Crippen LogP contribution >= 0.6 is 10.7 Å². The average molecular weight is 185 g/mol. The van der Waals surface area contributed by atoms with Crippen molar-refractivity contribution in [2.75, 3.05) is 5.75 Å². The van der Waals surface area contributed by atoms with Crippen LogP contribution in [0.15, 0.2) is 12.2 Å². The first-order valence-corrected chi connectivity index (χ1v) is 4.71. The van der Waals surface area contributed by atoms with Crippen LogP contribution in [-0.4, -0.2) is 25.2 Å². The van der Waals surface area contributed by atoms with Crippen molar-refractivity contribution in [3.8, 4) is 0 Å². The van der Waals surface area contributed by atoms with Gasteiger partial charge in [-0.25, -0.2) is 13.2 Å². The maximum Gasteiger partial charge on any atom is 0.328 e. The molecule has 0 atom stereocenters. The summed E-state index contributed by atoms with van der Waals surface area (Å²) in [5.41, 5.74) is 0. The Labute approximate surface area is 62.5 Å². The molecule has 0 amide bonds. The molecule has 0 unspecified atom stereocenters. The Bertz CT molecular complexity index is 240. The maximum absolute atomic E-state index is 10.1. The van der Waals surface area contributed by atoms with Gasteiger partial charge in [0.15, 0.2) is 0 Å². The summed E-state index contributed by atoms with van der Waals surface area (Å²) in [4.78, 5) is 9.76. The van der Waals surface area contributed by atoms with Crippen LogP contribution < -0.4 is 0 Å². The zero-order valence-electron chi connectivity index (χ0n) is 4.82. The molecular weight excluding hydrogens is 180 g/mol. The van der Waals surface area contributed by atoms with Crippen LogP contribution in [0, 0.1) is 0 Å². The Morgan fingerprint density at radius 1 is 1.60 bits per heavy atom. The molecule has 0 heterocycles. The summed E-state index contributed by atoms with van der Waals surface area (Å²) < 4.78 is 20.3. The van der Waals surface area contributed by atoms with Crippen molar-refractivity contribution >= 4 is 25.7 Å². The van der Waals surface area contributed by atoms with Gasteiger partial charge in [-0.2, -0.15) is 0 Å². The number of carboxylic acid groups (broad SMARTS) is 1. The van der Waals surface area contributed by atoms with Gasteiger partial charge < -0.3 is 5.11 Å². The molecule has 0 radical (unpaired) electrons. The van der Waals surface area contributed by atoms with Crippen LogP contribution in [0.25, 0.3) is 0 Å². The van der Waals surface area contributed by atoms with Crippen molar-refractivity contribution in [1.82, 2.24) is 0 Å². The highest BCUT2D eigenvalue weighted by Gasteiger charge is 1.99. The predicted molar refractivity (Wildman–Crippen MR) is 36.4 cm³/mol. The number of halogens is 1. The molecule has 4 nitrogen and oxygen atoms in total. The molecule has 6 heteroatoms. The second-order valence-electron chi connectivity index (χ2n) is 1.45. The van der Waals surface area contributed by atoms with Gasteiger partial charge in [-0.3, -0.25) is 0 Å². The summed E-state index contributed by atoms with van der Waals surface area (Å²) in [6.45, 7) is 0. The third-order valence-corrected chi connectivity index (χ3v) is 1.52. The van der Waals surface area contributed by atoms with E-state index in [0.29, 0.717) is 0 Å². The molecule has 0 aromatic carbocycles. The van der Waals surface area contributed by atoms with Crippen molar-refractivity contribution in [2.24, 2.45) is 0 Å². The first kappa shape index (κ1) is 9.45. The fourth-order valence-electron chi connectivity index (χ4n) is 0.264. The fraction of sp³-hybridized carbons (Fsp3) is 0.250. The third kappa shape index (κ3) is 7.45. The lowest BCUT2D eigenvalue weighted by Crippen LogP contribution is -1.94. The number of hydrogen-bond acceptors (Lipinski definition) is 3. The van der Waals surface area contributed by atoms with E-state index in [0.717, 1.165) is 12.2 Å². The van der Waals surface area contributed by atoms with Crippen LogP contribution in [0.3, 0.4) is 0 Å². The lowest BCUT2D eigenvalue weighted by molar-refractivity contribution is -0.131. The standard InChI is InChI=1S/C4H5ClO4S/c5-10(8,9)3-1-2-4(6)7/h1-2H,3H2,(H,6,7). The third-order valence-electron chi connectivity index (χ3n) is 0.556. The molecule has 58 valence electrons. The maximum atomic E-state index is 10.1. The lowest BCUT2D eigenvalue weighted by Gasteiger charge is -1.83. The monoisotopic (exact) mass is 184 g/mol. The molecule has 0 aliphatic rings. The minimum atomic E-state index is -3.60. The van der Waals surface area contributed by atoms with Crippen molar-refractivity contribution in [3.63, 3.8) is 0 Å². The summed E-state index contributed by atoms with van der Waals surface area (Å²) in [6.07, 6.45) is 1.69. The lowest BCUT2D eigenvalue weighted by atomic mass is 10.5. The first-order chi connectivity index (χ1) is 4.42. The number of hydrogen-bond donors (Lipinski definition) is 1. The molecule has 0 spiro atoms. The Morgan fingerprint density at radius 3 is 2.40 bits per heavy atom. The molecule has 0 aromatic heterocycles. The fourth-order valence-corrected chi connectivity index (χ4v) is 0.808. The summed E-state index contributed by atoms with van der Waals surface area (Å²) >= 11 is 0. The van der Waals surface area contributed by atoms with Crippen LogP contribution in [0.5, 0.6) is 0 Å². The Morgan fingerprint density at radius 2 is 2.10 bits per heavy atom. The number of carbonyl (C=O) groups is 1. The van der Waals surface area contributed by atoms with E-state index in [2.05, 4.69) is 0 Å². The van der Waals surface area contributed by atoms with Crippen molar-refractivity contribution in [3.05, 3.63) is 12.2 Å². The zero-order chi connectivity index (χ0) is 8.20. The van der Waals surface area contributed by atoms with E-state index in [4.69, 9.17) is 15.8 Å². The molecule has 0 saturated heterocycles. The smallest absolute Gasteiger partial charge is 0.328 e. The summed E-state index contributed by atoms with van der Waals surface area (Å²) in [6, 6.07) is 0. The van der Waals surface area contributed by atoms with Gasteiger partial charge in [0.25, 0.3) is 0 Å². The highest BCUT2D eigenvalue weighted by Crippen LogP contribution is 1.95. The van der Waals surface area contributed by atoms with Gasteiger partial charge in [0, 0.05) is 16.8 Å². The normalized spacial score (nSPS) is 12.1. The molecule has 0 fully saturated rings. The Kier molecular flexibility index (Phi) is 3.38. The molecule has 0 saturated carbocycles. The molecular formula is C4H5ClO4S. The second kappa shape index (κ2) is 3.58. The minimum absolute atomic E-state index is 0.457. The second-order valence-corrected chi connectivity index (χ2v) is 4.27. The van der Waals surface area contributed by atoms with E-state index in [1.165, 1.54) is 0 Å². The molecule has 0 aromatic rings. The van der Waals surface area contributed by atoms with Crippen LogP contribution in [0.2, 0.25) is 0 Å².